The van der Waals surface area contributed by atoms with Gasteiger partial charge in [-0.1, -0.05) is 127 Å². The summed E-state index contributed by atoms with van der Waals surface area (Å²) in [6.45, 7) is 0. The van der Waals surface area contributed by atoms with Crippen LogP contribution in [-0.2, 0) is 0 Å². The quantitative estimate of drug-likeness (QED) is 0.191. The molecule has 274 valence electrons. The van der Waals surface area contributed by atoms with Gasteiger partial charge in [0.15, 0.2) is 6.17 Å². The number of amidine groups is 2. The molecule has 12 rings (SSSR count). The smallest absolute Gasteiger partial charge is 0.169 e. The number of hydrogen-bond donors (Lipinski definition) is 1. The molecule has 0 saturated carbocycles. The van der Waals surface area contributed by atoms with Gasteiger partial charge in [0, 0.05) is 38.1 Å². The second-order valence-electron chi connectivity index (χ2n) is 15.3. The van der Waals surface area contributed by atoms with Crippen molar-refractivity contribution in [1.82, 2.24) is 5.32 Å². The van der Waals surface area contributed by atoms with Gasteiger partial charge in [-0.25, -0.2) is 9.98 Å². The molecular formula is C53H35N3O2. The average Bonchev–Trinajstić information content (AvgIpc) is 3.86. The van der Waals surface area contributed by atoms with Gasteiger partial charge in [0.25, 0.3) is 0 Å². The van der Waals surface area contributed by atoms with E-state index in [0.717, 1.165) is 101 Å². The van der Waals surface area contributed by atoms with Gasteiger partial charge in [-0.05, 0) is 105 Å². The van der Waals surface area contributed by atoms with Crippen molar-refractivity contribution in [2.24, 2.45) is 9.98 Å². The van der Waals surface area contributed by atoms with Gasteiger partial charge in [-0.3, -0.25) is 0 Å². The van der Waals surface area contributed by atoms with E-state index in [2.05, 4.69) is 169 Å². The number of aliphatic imine (C=N–C) groups is 2. The molecule has 58 heavy (non-hydrogen) atoms. The lowest BCUT2D eigenvalue weighted by Crippen LogP contribution is -2.40. The van der Waals surface area contributed by atoms with Crippen molar-refractivity contribution in [3.63, 3.8) is 0 Å². The first-order valence-corrected chi connectivity index (χ1v) is 19.9. The van der Waals surface area contributed by atoms with Crippen molar-refractivity contribution in [3.8, 4) is 22.3 Å². The summed E-state index contributed by atoms with van der Waals surface area (Å²) in [6.07, 6.45) is 3.41. The summed E-state index contributed by atoms with van der Waals surface area (Å²) in [7, 11) is 0. The van der Waals surface area contributed by atoms with Gasteiger partial charge < -0.3 is 14.2 Å². The largest absolute Gasteiger partial charge is 0.456 e. The number of rotatable bonds is 5. The number of benzene rings is 8. The summed E-state index contributed by atoms with van der Waals surface area (Å²) in [6, 6.07) is 60.0. The molecule has 2 aliphatic rings. The third-order valence-corrected chi connectivity index (χ3v) is 11.8. The zero-order valence-electron chi connectivity index (χ0n) is 31.4. The molecule has 0 spiro atoms. The monoisotopic (exact) mass is 745 g/mol. The summed E-state index contributed by atoms with van der Waals surface area (Å²) in [5.74, 6) is 1.60. The zero-order valence-corrected chi connectivity index (χ0v) is 31.4. The Bertz CT molecular complexity index is 3500. The summed E-state index contributed by atoms with van der Waals surface area (Å²) >= 11 is 0. The summed E-state index contributed by atoms with van der Waals surface area (Å²) < 4.78 is 13.0. The molecule has 5 nitrogen and oxygen atoms in total. The van der Waals surface area contributed by atoms with Crippen LogP contribution in [-0.4, -0.2) is 11.7 Å². The normalized spacial score (nSPS) is 15.4. The molecule has 2 aromatic heterocycles. The Hall–Kier alpha value is -7.50. The van der Waals surface area contributed by atoms with Crippen LogP contribution >= 0.6 is 0 Å². The Morgan fingerprint density at radius 1 is 0.448 bits per heavy atom. The molecule has 1 aliphatic heterocycles. The number of nitrogens with zero attached hydrogens (tertiary/aromatic N) is 2. The highest BCUT2D eigenvalue weighted by Crippen LogP contribution is 2.36. The van der Waals surface area contributed by atoms with E-state index in [9.17, 15) is 0 Å². The first kappa shape index (κ1) is 32.7. The van der Waals surface area contributed by atoms with E-state index in [0.29, 0.717) is 0 Å². The lowest BCUT2D eigenvalue weighted by atomic mass is 9.98. The summed E-state index contributed by atoms with van der Waals surface area (Å²) in [4.78, 5) is 10.7. The molecule has 1 unspecified atom stereocenters. The second-order valence-corrected chi connectivity index (χ2v) is 15.3. The molecule has 1 aliphatic carbocycles. The van der Waals surface area contributed by atoms with Crippen molar-refractivity contribution in [2.75, 3.05) is 0 Å². The maximum atomic E-state index is 6.63. The van der Waals surface area contributed by atoms with Gasteiger partial charge in [0.05, 0.1) is 0 Å². The van der Waals surface area contributed by atoms with Crippen LogP contribution in [0.1, 0.15) is 30.1 Å². The number of para-hydroxylation sites is 1. The Labute approximate surface area is 333 Å². The highest BCUT2D eigenvalue weighted by Gasteiger charge is 2.25. The zero-order chi connectivity index (χ0) is 38.2. The lowest BCUT2D eigenvalue weighted by Gasteiger charge is -2.24. The number of hydrogen-bond acceptors (Lipinski definition) is 5. The first-order valence-electron chi connectivity index (χ1n) is 19.9. The lowest BCUT2D eigenvalue weighted by molar-refractivity contribution is 0.571. The van der Waals surface area contributed by atoms with Crippen LogP contribution in [0.3, 0.4) is 0 Å². The first-order chi connectivity index (χ1) is 28.7. The highest BCUT2D eigenvalue weighted by atomic mass is 16.3. The van der Waals surface area contributed by atoms with Crippen LogP contribution in [0, 0.1) is 0 Å². The average molecular weight is 746 g/mol. The second kappa shape index (κ2) is 13.0. The van der Waals surface area contributed by atoms with Crippen molar-refractivity contribution in [2.45, 2.75) is 19.0 Å². The molecule has 10 aromatic rings. The van der Waals surface area contributed by atoms with Crippen molar-refractivity contribution >= 4 is 77.8 Å². The molecule has 0 amide bonds. The van der Waals surface area contributed by atoms with Crippen LogP contribution < -0.4 is 16.0 Å². The fourth-order valence-corrected chi connectivity index (χ4v) is 8.83. The third-order valence-electron chi connectivity index (χ3n) is 11.8. The van der Waals surface area contributed by atoms with Crippen LogP contribution in [0.2, 0.25) is 0 Å². The molecule has 0 radical (unpaired) electrons. The summed E-state index contributed by atoms with van der Waals surface area (Å²) in [5, 5.41) is 12.9. The van der Waals surface area contributed by atoms with Crippen LogP contribution in [0.25, 0.3) is 88.4 Å². The van der Waals surface area contributed by atoms with E-state index in [4.69, 9.17) is 18.8 Å². The summed E-state index contributed by atoms with van der Waals surface area (Å²) in [5.41, 5.74) is 11.3. The van der Waals surface area contributed by atoms with E-state index >= 15 is 0 Å². The predicted octanol–water partition coefficient (Wildman–Crippen LogP) is 11.8. The minimum Gasteiger partial charge on any atom is -0.456 e. The van der Waals surface area contributed by atoms with E-state index < -0.39 is 6.17 Å². The highest BCUT2D eigenvalue weighted by molar-refractivity contribution is 6.27. The van der Waals surface area contributed by atoms with E-state index in [1.807, 2.05) is 12.1 Å². The van der Waals surface area contributed by atoms with E-state index in [1.165, 1.54) is 27.3 Å². The third kappa shape index (κ3) is 5.47. The van der Waals surface area contributed by atoms with Gasteiger partial charge in [0.1, 0.15) is 33.8 Å². The predicted molar refractivity (Wildman–Crippen MR) is 238 cm³/mol. The number of furan rings is 2. The van der Waals surface area contributed by atoms with Crippen LogP contribution in [0.4, 0.5) is 0 Å². The van der Waals surface area contributed by atoms with Gasteiger partial charge in [-0.2, -0.15) is 0 Å². The van der Waals surface area contributed by atoms with E-state index in [1.54, 1.807) is 0 Å². The molecule has 0 bridgehead atoms. The molecule has 8 aromatic carbocycles. The topological polar surface area (TPSA) is 63.0 Å². The van der Waals surface area contributed by atoms with Crippen molar-refractivity contribution < 1.29 is 8.83 Å². The number of nitrogens with one attached hydrogen (secondary N) is 1. The fourth-order valence-electron chi connectivity index (χ4n) is 8.83. The SMILES string of the molecule is C1=c2oc3ccccc3c2=C(C2=NC(c3ccc4c(c3)oc3cc(-c5ccc6ccccc6c5)ccc34)N=C(c3ccc4cc(-c5ccccc5)ccc4c3)N2)CC1. The molecule has 0 fully saturated rings. The van der Waals surface area contributed by atoms with Crippen molar-refractivity contribution in [1.29, 1.82) is 0 Å². The molecular weight excluding hydrogens is 711 g/mol. The van der Waals surface area contributed by atoms with Crippen LogP contribution in [0.15, 0.2) is 189 Å². The number of fused-ring (bicyclic) bond motifs is 8. The molecule has 5 heteroatoms. The molecule has 3 heterocycles. The van der Waals surface area contributed by atoms with E-state index in [-0.39, 0.29) is 0 Å². The standard InChI is InChI=1S/C53H35N3O2/c1-2-9-32(10-3-1)35-19-20-38-29-40(22-21-36(38)28-35)51-54-52(56-53(55-51)45-14-8-16-47-50(45)44-13-6-7-15-46(44)57-47)41-24-26-43-42-25-23-39(30-48(42)58-49(43)31-41)37-18-17-33-11-4-5-12-34(33)27-37/h1-7,9-13,15-31,52H,8,14H2,(H,54,55,56). The minimum atomic E-state index is -0.492. The van der Waals surface area contributed by atoms with Crippen molar-refractivity contribution in [3.05, 3.63) is 192 Å². The maximum absolute atomic E-state index is 6.63. The maximum Gasteiger partial charge on any atom is 0.169 e. The van der Waals surface area contributed by atoms with Gasteiger partial charge in [-0.15, -0.1) is 0 Å². The minimum absolute atomic E-state index is 0.492. The van der Waals surface area contributed by atoms with Gasteiger partial charge >= 0.3 is 0 Å². The molecule has 0 saturated heterocycles. The fraction of sp³-hybridized carbons (Fsp3) is 0.0566. The van der Waals surface area contributed by atoms with Gasteiger partial charge in [0.2, 0.25) is 0 Å². The Kier molecular flexibility index (Phi) is 7.35. The Morgan fingerprint density at radius 3 is 1.93 bits per heavy atom. The Morgan fingerprint density at radius 2 is 1.07 bits per heavy atom. The Balaban J connectivity index is 0.976. The van der Waals surface area contributed by atoms with Crippen LogP contribution in [0.5, 0.6) is 0 Å². The molecule has 1 atom stereocenters. The molecule has 1 N–H and O–H groups in total.